The first kappa shape index (κ1) is 16.9. The Morgan fingerprint density at radius 2 is 1.82 bits per heavy atom. The molecule has 0 aliphatic carbocycles. The molecule has 0 saturated carbocycles. The predicted molar refractivity (Wildman–Crippen MR) is 75.5 cm³/mol. The maximum atomic E-state index is 5.19. The zero-order valence-electron chi connectivity index (χ0n) is 12.6. The molecular formula is C14H32N2O. The smallest absolute Gasteiger partial charge is 0.0589 e. The average molecular weight is 244 g/mol. The molecule has 3 heteroatoms. The number of nitrogens with zero attached hydrogens (tertiary/aromatic N) is 1. The zero-order valence-corrected chi connectivity index (χ0v) is 12.6. The summed E-state index contributed by atoms with van der Waals surface area (Å²) in [4.78, 5) is 2.53. The van der Waals surface area contributed by atoms with Crippen molar-refractivity contribution in [3.8, 4) is 0 Å². The summed E-state index contributed by atoms with van der Waals surface area (Å²) in [5.41, 5.74) is 0. The number of nitrogens with one attached hydrogen (secondary N) is 1. The molecule has 0 bridgehead atoms. The molecule has 17 heavy (non-hydrogen) atoms. The van der Waals surface area contributed by atoms with Crippen LogP contribution < -0.4 is 5.32 Å². The van der Waals surface area contributed by atoms with Gasteiger partial charge in [-0.05, 0) is 46.2 Å². The van der Waals surface area contributed by atoms with E-state index >= 15 is 0 Å². The average Bonchev–Trinajstić information content (AvgIpc) is 2.29. The van der Waals surface area contributed by atoms with Gasteiger partial charge in [-0.1, -0.05) is 13.8 Å². The summed E-state index contributed by atoms with van der Waals surface area (Å²) in [5, 5.41) is 3.51. The topological polar surface area (TPSA) is 24.5 Å². The van der Waals surface area contributed by atoms with Gasteiger partial charge in [-0.3, -0.25) is 4.90 Å². The molecule has 0 spiro atoms. The van der Waals surface area contributed by atoms with E-state index in [0.29, 0.717) is 18.0 Å². The van der Waals surface area contributed by atoms with Crippen LogP contribution in [0.15, 0.2) is 0 Å². The lowest BCUT2D eigenvalue weighted by molar-refractivity contribution is 0.0800. The normalized spacial score (nSPS) is 15.5. The van der Waals surface area contributed by atoms with E-state index in [0.717, 1.165) is 26.2 Å². The summed E-state index contributed by atoms with van der Waals surface area (Å²) in [6.07, 6.45) is 1.21. The van der Waals surface area contributed by atoms with Gasteiger partial charge in [0.1, 0.15) is 0 Å². The third kappa shape index (κ3) is 7.02. The maximum absolute atomic E-state index is 5.19. The van der Waals surface area contributed by atoms with E-state index in [1.807, 2.05) is 0 Å². The first-order valence-electron chi connectivity index (χ1n) is 6.99. The first-order chi connectivity index (χ1) is 8.04. The van der Waals surface area contributed by atoms with E-state index in [-0.39, 0.29) is 0 Å². The Balaban J connectivity index is 4.13. The van der Waals surface area contributed by atoms with Crippen LogP contribution in [0.5, 0.6) is 0 Å². The van der Waals surface area contributed by atoms with Crippen molar-refractivity contribution >= 4 is 0 Å². The number of methoxy groups -OCH3 is 1. The number of hydrogen-bond acceptors (Lipinski definition) is 3. The Hall–Kier alpha value is -0.120. The summed E-state index contributed by atoms with van der Waals surface area (Å²) < 4.78 is 5.19. The molecule has 0 heterocycles. The van der Waals surface area contributed by atoms with Crippen LogP contribution in [0.1, 0.15) is 41.0 Å². The van der Waals surface area contributed by atoms with Gasteiger partial charge in [0.25, 0.3) is 0 Å². The molecule has 0 amide bonds. The Morgan fingerprint density at radius 3 is 2.29 bits per heavy atom. The summed E-state index contributed by atoms with van der Waals surface area (Å²) in [5.74, 6) is 0.667. The van der Waals surface area contributed by atoms with Gasteiger partial charge in [0.05, 0.1) is 6.61 Å². The number of ether oxygens (including phenoxy) is 1. The standard InChI is InChI=1S/C14H32N2O/c1-7-8-15-11-13(4)14(5)16(12(2)3)9-10-17-6/h12-15H,7-11H2,1-6H3. The molecular weight excluding hydrogens is 212 g/mol. The predicted octanol–water partition coefficient (Wildman–Crippen LogP) is 2.37. The van der Waals surface area contributed by atoms with Crippen LogP contribution in [-0.2, 0) is 4.74 Å². The molecule has 2 unspecified atom stereocenters. The fourth-order valence-corrected chi connectivity index (χ4v) is 2.13. The Labute approximate surface area is 108 Å². The van der Waals surface area contributed by atoms with Crippen molar-refractivity contribution in [3.05, 3.63) is 0 Å². The highest BCUT2D eigenvalue weighted by Gasteiger charge is 2.21. The maximum Gasteiger partial charge on any atom is 0.0589 e. The van der Waals surface area contributed by atoms with Gasteiger partial charge >= 0.3 is 0 Å². The molecule has 0 rings (SSSR count). The van der Waals surface area contributed by atoms with E-state index in [4.69, 9.17) is 4.74 Å². The van der Waals surface area contributed by atoms with Crippen LogP contribution in [0.25, 0.3) is 0 Å². The van der Waals surface area contributed by atoms with Crippen LogP contribution in [0.2, 0.25) is 0 Å². The molecule has 0 fully saturated rings. The quantitative estimate of drug-likeness (QED) is 0.597. The van der Waals surface area contributed by atoms with Crippen LogP contribution in [-0.4, -0.2) is 50.3 Å². The number of hydrogen-bond donors (Lipinski definition) is 1. The largest absolute Gasteiger partial charge is 0.383 e. The minimum atomic E-state index is 0.578. The summed E-state index contributed by atoms with van der Waals surface area (Å²) >= 11 is 0. The Kier molecular flexibility index (Phi) is 9.79. The molecule has 3 nitrogen and oxygen atoms in total. The Morgan fingerprint density at radius 1 is 1.18 bits per heavy atom. The highest BCUT2D eigenvalue weighted by Crippen LogP contribution is 2.13. The second kappa shape index (κ2) is 9.86. The molecule has 104 valence electrons. The fraction of sp³-hybridized carbons (Fsp3) is 1.00. The summed E-state index contributed by atoms with van der Waals surface area (Å²) in [7, 11) is 1.77. The van der Waals surface area contributed by atoms with E-state index in [1.165, 1.54) is 6.42 Å². The molecule has 0 radical (unpaired) electrons. The molecule has 0 aromatic rings. The van der Waals surface area contributed by atoms with Crippen molar-refractivity contribution < 1.29 is 4.74 Å². The van der Waals surface area contributed by atoms with Crippen molar-refractivity contribution in [1.29, 1.82) is 0 Å². The minimum Gasteiger partial charge on any atom is -0.383 e. The van der Waals surface area contributed by atoms with Crippen LogP contribution in [0.3, 0.4) is 0 Å². The molecule has 1 N–H and O–H groups in total. The molecule has 0 saturated heterocycles. The molecule has 0 aromatic carbocycles. The van der Waals surface area contributed by atoms with Crippen molar-refractivity contribution in [2.75, 3.05) is 33.4 Å². The lowest BCUT2D eigenvalue weighted by Gasteiger charge is -2.36. The van der Waals surface area contributed by atoms with Crippen LogP contribution in [0.4, 0.5) is 0 Å². The second-order valence-corrected chi connectivity index (χ2v) is 5.25. The zero-order chi connectivity index (χ0) is 13.3. The van der Waals surface area contributed by atoms with Crippen molar-refractivity contribution in [2.45, 2.75) is 53.1 Å². The van der Waals surface area contributed by atoms with Crippen molar-refractivity contribution in [2.24, 2.45) is 5.92 Å². The lowest BCUT2D eigenvalue weighted by atomic mass is 10.0. The highest BCUT2D eigenvalue weighted by molar-refractivity contribution is 4.77. The van der Waals surface area contributed by atoms with E-state index in [2.05, 4.69) is 44.8 Å². The number of rotatable bonds is 10. The van der Waals surface area contributed by atoms with Crippen LogP contribution >= 0.6 is 0 Å². The summed E-state index contributed by atoms with van der Waals surface area (Å²) in [6.45, 7) is 15.5. The van der Waals surface area contributed by atoms with Gasteiger partial charge in [-0.15, -0.1) is 0 Å². The molecule has 0 aromatic heterocycles. The summed E-state index contributed by atoms with van der Waals surface area (Å²) in [6, 6.07) is 1.17. The monoisotopic (exact) mass is 244 g/mol. The van der Waals surface area contributed by atoms with E-state index < -0.39 is 0 Å². The third-order valence-corrected chi connectivity index (χ3v) is 3.46. The lowest BCUT2D eigenvalue weighted by Crippen LogP contribution is -2.46. The Bertz CT molecular complexity index is 174. The SMILES string of the molecule is CCCNCC(C)C(C)N(CCOC)C(C)C. The fourth-order valence-electron chi connectivity index (χ4n) is 2.13. The van der Waals surface area contributed by atoms with Gasteiger partial charge in [0.2, 0.25) is 0 Å². The first-order valence-corrected chi connectivity index (χ1v) is 6.99. The van der Waals surface area contributed by atoms with Gasteiger partial charge in [-0.2, -0.15) is 0 Å². The van der Waals surface area contributed by atoms with Gasteiger partial charge in [0.15, 0.2) is 0 Å². The minimum absolute atomic E-state index is 0.578. The van der Waals surface area contributed by atoms with Gasteiger partial charge in [-0.25, -0.2) is 0 Å². The van der Waals surface area contributed by atoms with Crippen LogP contribution in [0, 0.1) is 5.92 Å². The van der Waals surface area contributed by atoms with Crippen molar-refractivity contribution in [3.63, 3.8) is 0 Å². The van der Waals surface area contributed by atoms with Gasteiger partial charge < -0.3 is 10.1 Å². The molecule has 0 aliphatic rings. The molecule has 2 atom stereocenters. The van der Waals surface area contributed by atoms with E-state index in [1.54, 1.807) is 7.11 Å². The third-order valence-electron chi connectivity index (χ3n) is 3.46. The second-order valence-electron chi connectivity index (χ2n) is 5.25. The van der Waals surface area contributed by atoms with Crippen molar-refractivity contribution in [1.82, 2.24) is 10.2 Å². The molecule has 0 aliphatic heterocycles. The highest BCUT2D eigenvalue weighted by atomic mass is 16.5. The van der Waals surface area contributed by atoms with E-state index in [9.17, 15) is 0 Å². The van der Waals surface area contributed by atoms with Gasteiger partial charge in [0, 0.05) is 25.7 Å².